The molecule has 4 nitrogen and oxygen atoms in total. The summed E-state index contributed by atoms with van der Waals surface area (Å²) in [6, 6.07) is 6.76. The van der Waals surface area contributed by atoms with E-state index in [1.807, 2.05) is 0 Å². The topological polar surface area (TPSA) is 66.8 Å². The molecule has 0 aliphatic carbocycles. The molecule has 4 heteroatoms. The van der Waals surface area contributed by atoms with E-state index >= 15 is 0 Å². The highest BCUT2D eigenvalue weighted by molar-refractivity contribution is 5.73. The lowest BCUT2D eigenvalue weighted by Crippen LogP contribution is -2.20. The van der Waals surface area contributed by atoms with Crippen LogP contribution in [0.3, 0.4) is 0 Å². The van der Waals surface area contributed by atoms with E-state index in [0.717, 1.165) is 0 Å². The summed E-state index contributed by atoms with van der Waals surface area (Å²) < 4.78 is 5.05. The van der Waals surface area contributed by atoms with Gasteiger partial charge in [-0.2, -0.15) is 0 Å². The lowest BCUT2D eigenvalue weighted by atomic mass is 9.95. The van der Waals surface area contributed by atoms with Gasteiger partial charge in [-0.05, 0) is 6.07 Å². The van der Waals surface area contributed by atoms with Crippen molar-refractivity contribution in [3.8, 4) is 5.75 Å². The molecule has 2 atom stereocenters. The van der Waals surface area contributed by atoms with Gasteiger partial charge in [0.25, 0.3) is 0 Å². The zero-order chi connectivity index (χ0) is 12.1. The molecule has 0 unspecified atom stereocenters. The van der Waals surface area contributed by atoms with E-state index in [4.69, 9.17) is 9.84 Å². The van der Waals surface area contributed by atoms with Crippen LogP contribution < -0.4 is 4.74 Å². The molecule has 0 spiro atoms. The third-order valence-electron chi connectivity index (χ3n) is 2.34. The normalized spacial score (nSPS) is 13.9. The number of aliphatic hydroxyl groups is 1. The molecular weight excluding hydrogens is 208 g/mol. The lowest BCUT2D eigenvalue weighted by Gasteiger charge is -2.18. The molecule has 0 radical (unpaired) electrons. The van der Waals surface area contributed by atoms with Crippen molar-refractivity contribution < 1.29 is 19.7 Å². The molecule has 1 rings (SSSR count). The smallest absolute Gasteiger partial charge is 0.313 e. The Kier molecular flexibility index (Phi) is 4.08. The Morgan fingerprint density at radius 2 is 2.12 bits per heavy atom. The Bertz CT molecular complexity index is 386. The third kappa shape index (κ3) is 2.41. The van der Waals surface area contributed by atoms with Gasteiger partial charge in [0.2, 0.25) is 0 Å². The molecule has 0 aliphatic rings. The number of hydrogen-bond acceptors (Lipinski definition) is 3. The Morgan fingerprint density at radius 1 is 1.50 bits per heavy atom. The number of para-hydroxylation sites is 1. The first-order valence-corrected chi connectivity index (χ1v) is 4.78. The predicted octanol–water partition coefficient (Wildman–Crippen LogP) is 1.62. The molecule has 2 N–H and O–H groups in total. The summed E-state index contributed by atoms with van der Waals surface area (Å²) in [4.78, 5) is 10.9. The van der Waals surface area contributed by atoms with Gasteiger partial charge in [0.05, 0.1) is 13.2 Å². The van der Waals surface area contributed by atoms with Crippen LogP contribution in [-0.2, 0) is 4.79 Å². The van der Waals surface area contributed by atoms with Crippen LogP contribution >= 0.6 is 0 Å². The van der Waals surface area contributed by atoms with Gasteiger partial charge < -0.3 is 14.9 Å². The fraction of sp³-hybridized carbons (Fsp3) is 0.250. The molecule has 0 saturated heterocycles. The molecule has 0 saturated carbocycles. The number of carboxylic acids is 1. The monoisotopic (exact) mass is 222 g/mol. The standard InChI is InChI=1S/C12H14O4/c1-3-8(12(14)15)11(13)9-6-4-5-7-10(9)16-2/h3-8,11,13H,1H2,2H3,(H,14,15)/t8-,11+/m1/s1. The van der Waals surface area contributed by atoms with Crippen molar-refractivity contribution in [1.29, 1.82) is 0 Å². The summed E-state index contributed by atoms with van der Waals surface area (Å²) in [6.45, 7) is 3.40. The molecule has 0 fully saturated rings. The van der Waals surface area contributed by atoms with Crippen molar-refractivity contribution in [1.82, 2.24) is 0 Å². The largest absolute Gasteiger partial charge is 0.496 e. The van der Waals surface area contributed by atoms with E-state index in [9.17, 15) is 9.90 Å². The molecule has 0 amide bonds. The molecule has 0 aromatic heterocycles. The number of aliphatic carboxylic acids is 1. The second-order valence-electron chi connectivity index (χ2n) is 3.29. The van der Waals surface area contributed by atoms with E-state index in [2.05, 4.69) is 6.58 Å². The number of rotatable bonds is 5. The van der Waals surface area contributed by atoms with E-state index < -0.39 is 18.0 Å². The van der Waals surface area contributed by atoms with Crippen molar-refractivity contribution in [2.75, 3.05) is 7.11 Å². The van der Waals surface area contributed by atoms with Crippen molar-refractivity contribution in [2.24, 2.45) is 5.92 Å². The number of carboxylic acid groups (broad SMARTS) is 1. The van der Waals surface area contributed by atoms with Gasteiger partial charge in [-0.25, -0.2) is 0 Å². The minimum absolute atomic E-state index is 0.442. The van der Waals surface area contributed by atoms with E-state index in [1.165, 1.54) is 13.2 Å². The van der Waals surface area contributed by atoms with Gasteiger partial charge in [-0.15, -0.1) is 6.58 Å². The molecule has 0 aliphatic heterocycles. The first-order valence-electron chi connectivity index (χ1n) is 4.78. The number of carbonyl (C=O) groups is 1. The first kappa shape index (κ1) is 12.3. The Hall–Kier alpha value is -1.81. The Balaban J connectivity index is 3.07. The van der Waals surface area contributed by atoms with Crippen LogP contribution in [0, 0.1) is 5.92 Å². The van der Waals surface area contributed by atoms with Crippen LogP contribution in [0.15, 0.2) is 36.9 Å². The molecule has 1 aromatic rings. The van der Waals surface area contributed by atoms with Gasteiger partial charge in [0, 0.05) is 5.56 Å². The van der Waals surface area contributed by atoms with Crippen LogP contribution in [0.5, 0.6) is 5.75 Å². The molecule has 86 valence electrons. The van der Waals surface area contributed by atoms with E-state index in [0.29, 0.717) is 11.3 Å². The van der Waals surface area contributed by atoms with Gasteiger partial charge in [0.1, 0.15) is 11.7 Å². The maximum absolute atomic E-state index is 10.9. The highest BCUT2D eigenvalue weighted by atomic mass is 16.5. The van der Waals surface area contributed by atoms with Crippen LogP contribution in [0.25, 0.3) is 0 Å². The second kappa shape index (κ2) is 5.32. The highest BCUT2D eigenvalue weighted by Crippen LogP contribution is 2.30. The minimum Gasteiger partial charge on any atom is -0.496 e. The molecular formula is C12H14O4. The molecule has 0 heterocycles. The maximum Gasteiger partial charge on any atom is 0.313 e. The van der Waals surface area contributed by atoms with Crippen LogP contribution in [0.4, 0.5) is 0 Å². The number of ether oxygens (including phenoxy) is 1. The number of benzene rings is 1. The molecule has 1 aromatic carbocycles. The Morgan fingerprint density at radius 3 is 2.62 bits per heavy atom. The minimum atomic E-state index is -1.16. The van der Waals surface area contributed by atoms with Gasteiger partial charge in [-0.1, -0.05) is 24.3 Å². The molecule has 16 heavy (non-hydrogen) atoms. The van der Waals surface area contributed by atoms with Crippen molar-refractivity contribution in [3.05, 3.63) is 42.5 Å². The Labute approximate surface area is 93.8 Å². The van der Waals surface area contributed by atoms with E-state index in [1.54, 1.807) is 24.3 Å². The third-order valence-corrected chi connectivity index (χ3v) is 2.34. The van der Waals surface area contributed by atoms with Crippen molar-refractivity contribution in [3.63, 3.8) is 0 Å². The summed E-state index contributed by atoms with van der Waals surface area (Å²) in [7, 11) is 1.47. The van der Waals surface area contributed by atoms with Gasteiger partial charge in [0.15, 0.2) is 0 Å². The zero-order valence-electron chi connectivity index (χ0n) is 8.96. The van der Waals surface area contributed by atoms with E-state index in [-0.39, 0.29) is 0 Å². The average molecular weight is 222 g/mol. The van der Waals surface area contributed by atoms with Crippen LogP contribution in [0.2, 0.25) is 0 Å². The van der Waals surface area contributed by atoms with Crippen LogP contribution in [0.1, 0.15) is 11.7 Å². The zero-order valence-corrected chi connectivity index (χ0v) is 8.96. The predicted molar refractivity (Wildman–Crippen MR) is 59.3 cm³/mol. The second-order valence-corrected chi connectivity index (χ2v) is 3.29. The van der Waals surface area contributed by atoms with Gasteiger partial charge >= 0.3 is 5.97 Å². The SMILES string of the molecule is C=C[C@@H](C(=O)O)[C@H](O)c1ccccc1OC. The summed E-state index contributed by atoms with van der Waals surface area (Å²) in [5.41, 5.74) is 0.442. The number of methoxy groups -OCH3 is 1. The number of hydrogen-bond donors (Lipinski definition) is 2. The summed E-state index contributed by atoms with van der Waals surface area (Å²) in [5, 5.41) is 18.8. The van der Waals surface area contributed by atoms with Crippen molar-refractivity contribution >= 4 is 5.97 Å². The van der Waals surface area contributed by atoms with Crippen LogP contribution in [-0.4, -0.2) is 23.3 Å². The lowest BCUT2D eigenvalue weighted by molar-refractivity contribution is -0.143. The average Bonchev–Trinajstić information content (AvgIpc) is 2.29. The van der Waals surface area contributed by atoms with Gasteiger partial charge in [-0.3, -0.25) is 4.79 Å². The quantitative estimate of drug-likeness (QED) is 0.743. The highest BCUT2D eigenvalue weighted by Gasteiger charge is 2.26. The number of aliphatic hydroxyl groups excluding tert-OH is 1. The summed E-state index contributed by atoms with van der Waals surface area (Å²) >= 11 is 0. The fourth-order valence-electron chi connectivity index (χ4n) is 1.47. The summed E-state index contributed by atoms with van der Waals surface area (Å²) in [6.07, 6.45) is 0.0468. The summed E-state index contributed by atoms with van der Waals surface area (Å²) in [5.74, 6) is -1.70. The first-order chi connectivity index (χ1) is 7.61. The maximum atomic E-state index is 10.9. The fourth-order valence-corrected chi connectivity index (χ4v) is 1.47. The molecule has 0 bridgehead atoms. The van der Waals surface area contributed by atoms with Crippen molar-refractivity contribution in [2.45, 2.75) is 6.10 Å².